The fraction of sp³-hybridized carbons (Fsp3) is 0.625. The van der Waals surface area contributed by atoms with E-state index in [2.05, 4.69) is 4.90 Å². The van der Waals surface area contributed by atoms with Gasteiger partial charge in [0.2, 0.25) is 0 Å². The molecule has 0 amide bonds. The predicted octanol–water partition coefficient (Wildman–Crippen LogP) is 1.14. The Kier molecular flexibility index (Phi) is 4.52. The largest absolute Gasteiger partial charge is 0.497 e. The highest BCUT2D eigenvalue weighted by Gasteiger charge is 2.35. The number of hydrogen-bond acceptors (Lipinski definition) is 4. The number of hydrogen-bond donors (Lipinski definition) is 2. The molecule has 21 heavy (non-hydrogen) atoms. The molecule has 1 aromatic rings. The number of nitrogens with zero attached hydrogens (tertiary/aromatic N) is 1. The fourth-order valence-corrected chi connectivity index (χ4v) is 4.07. The van der Waals surface area contributed by atoms with Gasteiger partial charge in [0, 0.05) is 12.6 Å². The Morgan fingerprint density at radius 3 is 2.81 bits per heavy atom. The lowest BCUT2D eigenvalue weighted by molar-refractivity contribution is 0.106. The first-order valence-corrected chi connectivity index (χ1v) is 7.96. The monoisotopic (exact) mass is 289 g/mol. The summed E-state index contributed by atoms with van der Waals surface area (Å²) >= 11 is 0. The summed E-state index contributed by atoms with van der Waals surface area (Å²) in [5.74, 6) is 1.61. The lowest BCUT2D eigenvalue weighted by Gasteiger charge is -2.38. The third kappa shape index (κ3) is 3.10. The number of piperidine rings is 1. The van der Waals surface area contributed by atoms with Crippen molar-refractivity contribution >= 4 is 12.6 Å². The number of methoxy groups -OCH3 is 1. The van der Waals surface area contributed by atoms with Gasteiger partial charge < -0.3 is 14.8 Å². The molecule has 114 valence electrons. The fourth-order valence-electron chi connectivity index (χ4n) is 4.07. The first-order valence-electron chi connectivity index (χ1n) is 7.96. The molecule has 0 spiro atoms. The summed E-state index contributed by atoms with van der Waals surface area (Å²) in [6, 6.07) is 6.16. The molecule has 1 aliphatic heterocycles. The Balaban J connectivity index is 1.82. The van der Waals surface area contributed by atoms with E-state index in [4.69, 9.17) is 4.74 Å². The van der Waals surface area contributed by atoms with Crippen molar-refractivity contribution in [3.05, 3.63) is 23.8 Å². The molecule has 1 saturated carbocycles. The highest BCUT2D eigenvalue weighted by Crippen LogP contribution is 2.37. The van der Waals surface area contributed by atoms with Crippen molar-refractivity contribution in [2.24, 2.45) is 5.92 Å². The summed E-state index contributed by atoms with van der Waals surface area (Å²) < 4.78 is 5.28. The number of benzene rings is 1. The number of ether oxygens (including phenoxy) is 1. The maximum absolute atomic E-state index is 9.58. The van der Waals surface area contributed by atoms with Gasteiger partial charge in [-0.25, -0.2) is 0 Å². The number of likely N-dealkylation sites (tertiary alicyclic amines) is 1. The zero-order valence-electron chi connectivity index (χ0n) is 12.7. The van der Waals surface area contributed by atoms with Gasteiger partial charge in [-0.2, -0.15) is 0 Å². The second kappa shape index (κ2) is 6.38. The van der Waals surface area contributed by atoms with Gasteiger partial charge in [-0.15, -0.1) is 0 Å². The molecule has 2 N–H and O–H groups in total. The van der Waals surface area contributed by atoms with Crippen LogP contribution in [-0.2, 0) is 6.54 Å². The summed E-state index contributed by atoms with van der Waals surface area (Å²) in [6.45, 7) is 1.89. The van der Waals surface area contributed by atoms with Crippen molar-refractivity contribution in [3.8, 4) is 5.75 Å². The first kappa shape index (κ1) is 14.9. The van der Waals surface area contributed by atoms with Crippen molar-refractivity contribution in [1.82, 2.24) is 4.90 Å². The molecule has 1 aromatic carbocycles. The molecule has 1 saturated heterocycles. The first-order chi connectivity index (χ1) is 10.2. The predicted molar refractivity (Wildman–Crippen MR) is 83.6 cm³/mol. The molecule has 2 aliphatic rings. The van der Waals surface area contributed by atoms with E-state index in [1.165, 1.54) is 32.1 Å². The third-order valence-electron chi connectivity index (χ3n) is 5.11. The van der Waals surface area contributed by atoms with E-state index in [1.54, 1.807) is 19.2 Å². The summed E-state index contributed by atoms with van der Waals surface area (Å²) in [7, 11) is 0.220. The Bertz CT molecular complexity index is 494. The van der Waals surface area contributed by atoms with E-state index in [-0.39, 0.29) is 0 Å². The summed E-state index contributed by atoms with van der Waals surface area (Å²) in [5, 5.41) is 19.2. The topological polar surface area (TPSA) is 52.9 Å². The highest BCUT2D eigenvalue weighted by atomic mass is 16.5. The minimum Gasteiger partial charge on any atom is -0.497 e. The van der Waals surface area contributed by atoms with Crippen LogP contribution in [0.1, 0.15) is 37.7 Å². The lowest BCUT2D eigenvalue weighted by atomic mass is 9.76. The van der Waals surface area contributed by atoms with Gasteiger partial charge >= 0.3 is 7.12 Å². The van der Waals surface area contributed by atoms with Crippen LogP contribution in [0, 0.1) is 5.92 Å². The van der Waals surface area contributed by atoms with Crippen molar-refractivity contribution in [2.45, 2.75) is 44.7 Å². The van der Waals surface area contributed by atoms with Crippen LogP contribution in [0.3, 0.4) is 0 Å². The molecule has 0 radical (unpaired) electrons. The molecular formula is C16H24BNO3. The molecule has 2 atom stereocenters. The van der Waals surface area contributed by atoms with Gasteiger partial charge in [0.05, 0.1) is 7.11 Å². The molecule has 5 heteroatoms. The maximum Gasteiger partial charge on any atom is 0.488 e. The van der Waals surface area contributed by atoms with Gasteiger partial charge in [-0.3, -0.25) is 4.90 Å². The molecular weight excluding hydrogens is 265 g/mol. The molecule has 3 rings (SSSR count). The summed E-state index contributed by atoms with van der Waals surface area (Å²) in [4.78, 5) is 2.53. The molecule has 1 heterocycles. The molecule has 2 fully saturated rings. The van der Waals surface area contributed by atoms with Crippen molar-refractivity contribution in [1.29, 1.82) is 0 Å². The molecule has 2 unspecified atom stereocenters. The highest BCUT2D eigenvalue weighted by molar-refractivity contribution is 6.59. The summed E-state index contributed by atoms with van der Waals surface area (Å²) in [5.41, 5.74) is 1.56. The third-order valence-corrected chi connectivity index (χ3v) is 5.11. The normalized spacial score (nSPS) is 25.7. The standard InChI is InChI=1S/C16H24BNO3/c1-21-14-7-8-15(17(19)20)13(10-14)11-18-9-3-5-12-4-2-6-16(12)18/h7-8,10,12,16,19-20H,2-6,9,11H2,1H3. The molecule has 4 nitrogen and oxygen atoms in total. The second-order valence-corrected chi connectivity index (χ2v) is 6.31. The quantitative estimate of drug-likeness (QED) is 0.816. The van der Waals surface area contributed by atoms with Gasteiger partial charge in [0.25, 0.3) is 0 Å². The van der Waals surface area contributed by atoms with Crippen molar-refractivity contribution in [2.75, 3.05) is 13.7 Å². The van der Waals surface area contributed by atoms with Crippen LogP contribution in [0.5, 0.6) is 5.75 Å². The van der Waals surface area contributed by atoms with Crippen LogP contribution in [0.4, 0.5) is 0 Å². The van der Waals surface area contributed by atoms with E-state index in [0.717, 1.165) is 30.3 Å². The van der Waals surface area contributed by atoms with E-state index in [9.17, 15) is 10.0 Å². The van der Waals surface area contributed by atoms with Crippen molar-refractivity contribution < 1.29 is 14.8 Å². The number of fused-ring (bicyclic) bond motifs is 1. The van der Waals surface area contributed by atoms with E-state index in [0.29, 0.717) is 11.5 Å². The SMILES string of the molecule is COc1ccc(B(O)O)c(CN2CCCC3CCCC32)c1. The molecule has 0 aromatic heterocycles. The average molecular weight is 289 g/mol. The number of rotatable bonds is 4. The zero-order valence-corrected chi connectivity index (χ0v) is 12.7. The van der Waals surface area contributed by atoms with Gasteiger partial charge in [0.1, 0.15) is 5.75 Å². The van der Waals surface area contributed by atoms with Crippen molar-refractivity contribution in [3.63, 3.8) is 0 Å². The second-order valence-electron chi connectivity index (χ2n) is 6.31. The van der Waals surface area contributed by atoms with E-state index in [1.807, 2.05) is 6.07 Å². The van der Waals surface area contributed by atoms with Crippen LogP contribution in [-0.4, -0.2) is 41.8 Å². The Hall–Kier alpha value is -1.04. The van der Waals surface area contributed by atoms with Crippen LogP contribution in [0.15, 0.2) is 18.2 Å². The van der Waals surface area contributed by atoms with Crippen LogP contribution >= 0.6 is 0 Å². The van der Waals surface area contributed by atoms with Gasteiger partial charge in [-0.1, -0.05) is 12.5 Å². The minimum absolute atomic E-state index is 0.593. The van der Waals surface area contributed by atoms with Crippen LogP contribution < -0.4 is 10.2 Å². The average Bonchev–Trinajstić information content (AvgIpc) is 2.96. The smallest absolute Gasteiger partial charge is 0.488 e. The lowest BCUT2D eigenvalue weighted by Crippen LogP contribution is -2.44. The minimum atomic E-state index is -1.42. The van der Waals surface area contributed by atoms with E-state index >= 15 is 0 Å². The zero-order chi connectivity index (χ0) is 14.8. The van der Waals surface area contributed by atoms with Gasteiger partial charge in [-0.05, 0) is 61.3 Å². The molecule has 0 bridgehead atoms. The summed E-state index contributed by atoms with van der Waals surface area (Å²) in [6.07, 6.45) is 6.58. The van der Waals surface area contributed by atoms with E-state index < -0.39 is 7.12 Å². The van der Waals surface area contributed by atoms with Crippen LogP contribution in [0.2, 0.25) is 0 Å². The van der Waals surface area contributed by atoms with Crippen LogP contribution in [0.25, 0.3) is 0 Å². The van der Waals surface area contributed by atoms with Gasteiger partial charge in [0.15, 0.2) is 0 Å². The maximum atomic E-state index is 9.58. The molecule has 1 aliphatic carbocycles. The Morgan fingerprint density at radius 1 is 1.24 bits per heavy atom. The Morgan fingerprint density at radius 2 is 2.05 bits per heavy atom. The Labute approximate surface area is 126 Å².